The van der Waals surface area contributed by atoms with E-state index in [4.69, 9.17) is 9.47 Å². The molecule has 0 heterocycles. The van der Waals surface area contributed by atoms with Gasteiger partial charge in [0.1, 0.15) is 23.1 Å². The van der Waals surface area contributed by atoms with E-state index in [1.807, 2.05) is 26.8 Å². The van der Waals surface area contributed by atoms with Gasteiger partial charge in [-0.2, -0.15) is 5.26 Å². The smallest absolute Gasteiger partial charge is 0.266 e. The zero-order chi connectivity index (χ0) is 18.9. The molecule has 0 saturated carbocycles. The van der Waals surface area contributed by atoms with Crippen LogP contribution >= 0.6 is 0 Å². The molecule has 0 aliphatic carbocycles. The second kappa shape index (κ2) is 9.28. The molecule has 2 rings (SSSR count). The lowest BCUT2D eigenvalue weighted by Crippen LogP contribution is -2.13. The van der Waals surface area contributed by atoms with E-state index in [2.05, 4.69) is 5.32 Å². The van der Waals surface area contributed by atoms with Crippen molar-refractivity contribution in [3.05, 3.63) is 59.7 Å². The summed E-state index contributed by atoms with van der Waals surface area (Å²) < 4.78 is 10.9. The molecule has 0 aliphatic heterocycles. The number of carbonyl (C=O) groups excluding carboxylic acids is 1. The summed E-state index contributed by atoms with van der Waals surface area (Å²) in [6.45, 7) is 6.39. The Morgan fingerprint density at radius 1 is 1.12 bits per heavy atom. The van der Waals surface area contributed by atoms with Gasteiger partial charge in [0.05, 0.1) is 12.7 Å². The molecular weight excluding hydrogens is 328 g/mol. The lowest BCUT2D eigenvalue weighted by atomic mass is 10.1. The van der Waals surface area contributed by atoms with E-state index < -0.39 is 5.91 Å². The molecular formula is C21H22N2O3. The van der Waals surface area contributed by atoms with E-state index >= 15 is 0 Å². The molecule has 0 spiro atoms. The Hall–Kier alpha value is -3.26. The van der Waals surface area contributed by atoms with Crippen LogP contribution in [0.5, 0.6) is 11.5 Å². The molecule has 5 nitrogen and oxygen atoms in total. The highest BCUT2D eigenvalue weighted by molar-refractivity contribution is 6.09. The van der Waals surface area contributed by atoms with Crippen molar-refractivity contribution < 1.29 is 14.3 Å². The Balaban J connectivity index is 2.07. The minimum absolute atomic E-state index is 0.0247. The number of hydrogen-bond donors (Lipinski definition) is 1. The Bertz CT molecular complexity index is 801. The molecule has 2 aromatic carbocycles. The number of carbonyl (C=O) groups is 1. The molecule has 134 valence electrons. The highest BCUT2D eigenvalue weighted by Gasteiger charge is 2.10. The summed E-state index contributed by atoms with van der Waals surface area (Å²) in [7, 11) is 0. The zero-order valence-corrected chi connectivity index (χ0v) is 15.2. The summed E-state index contributed by atoms with van der Waals surface area (Å²) in [4.78, 5) is 12.3. The first-order chi connectivity index (χ1) is 12.5. The van der Waals surface area contributed by atoms with Crippen molar-refractivity contribution in [2.24, 2.45) is 0 Å². The second-order valence-corrected chi connectivity index (χ2v) is 5.82. The summed E-state index contributed by atoms with van der Waals surface area (Å²) in [6, 6.07) is 16.2. The van der Waals surface area contributed by atoms with Gasteiger partial charge in [-0.25, -0.2) is 0 Å². The minimum atomic E-state index is -0.459. The predicted octanol–water partition coefficient (Wildman–Crippen LogP) is 4.42. The largest absolute Gasteiger partial charge is 0.494 e. The first-order valence-electron chi connectivity index (χ1n) is 8.44. The second-order valence-electron chi connectivity index (χ2n) is 5.82. The van der Waals surface area contributed by atoms with Crippen LogP contribution in [0.25, 0.3) is 6.08 Å². The van der Waals surface area contributed by atoms with Crippen molar-refractivity contribution in [3.63, 3.8) is 0 Å². The summed E-state index contributed by atoms with van der Waals surface area (Å²) in [5, 5.41) is 12.0. The van der Waals surface area contributed by atoms with Gasteiger partial charge in [-0.05, 0) is 68.8 Å². The summed E-state index contributed by atoms with van der Waals surface area (Å²) in [5.41, 5.74) is 1.37. The number of nitriles is 1. The first kappa shape index (κ1) is 19.1. The number of rotatable bonds is 7. The van der Waals surface area contributed by atoms with Crippen LogP contribution in [0.1, 0.15) is 26.3 Å². The van der Waals surface area contributed by atoms with Crippen molar-refractivity contribution in [2.75, 3.05) is 11.9 Å². The number of nitrogens with one attached hydrogen (secondary N) is 1. The van der Waals surface area contributed by atoms with E-state index in [0.717, 1.165) is 17.1 Å². The van der Waals surface area contributed by atoms with Crippen LogP contribution in [0.3, 0.4) is 0 Å². The molecule has 0 aliphatic rings. The average Bonchev–Trinajstić information content (AvgIpc) is 2.62. The molecule has 0 unspecified atom stereocenters. The van der Waals surface area contributed by atoms with Crippen LogP contribution < -0.4 is 14.8 Å². The van der Waals surface area contributed by atoms with Crippen LogP contribution in [0.2, 0.25) is 0 Å². The summed E-state index contributed by atoms with van der Waals surface area (Å²) in [5.74, 6) is 1.01. The SMILES string of the molecule is CCOc1ccc(/C=C(\C#N)C(=O)Nc2ccc(OC(C)C)cc2)cc1. The van der Waals surface area contributed by atoms with Gasteiger partial charge < -0.3 is 14.8 Å². The number of amides is 1. The van der Waals surface area contributed by atoms with Crippen LogP contribution in [0.4, 0.5) is 5.69 Å². The fraction of sp³-hybridized carbons (Fsp3) is 0.238. The van der Waals surface area contributed by atoms with Crippen molar-refractivity contribution in [1.29, 1.82) is 5.26 Å². The molecule has 0 radical (unpaired) electrons. The van der Waals surface area contributed by atoms with Crippen LogP contribution in [0.15, 0.2) is 54.1 Å². The lowest BCUT2D eigenvalue weighted by Gasteiger charge is -2.10. The van der Waals surface area contributed by atoms with Gasteiger partial charge in [0.15, 0.2) is 0 Å². The number of benzene rings is 2. The van der Waals surface area contributed by atoms with Gasteiger partial charge in [0, 0.05) is 5.69 Å². The van der Waals surface area contributed by atoms with Gasteiger partial charge in [-0.3, -0.25) is 4.79 Å². The van der Waals surface area contributed by atoms with Gasteiger partial charge in [0.2, 0.25) is 0 Å². The first-order valence-corrected chi connectivity index (χ1v) is 8.44. The van der Waals surface area contributed by atoms with E-state index in [-0.39, 0.29) is 11.7 Å². The zero-order valence-electron chi connectivity index (χ0n) is 15.2. The fourth-order valence-corrected chi connectivity index (χ4v) is 2.23. The maximum Gasteiger partial charge on any atom is 0.266 e. The van der Waals surface area contributed by atoms with Crippen molar-refractivity contribution in [3.8, 4) is 17.6 Å². The predicted molar refractivity (Wildman–Crippen MR) is 102 cm³/mol. The van der Waals surface area contributed by atoms with E-state index in [1.165, 1.54) is 0 Å². The number of ether oxygens (including phenoxy) is 2. The Morgan fingerprint density at radius 2 is 1.73 bits per heavy atom. The monoisotopic (exact) mass is 350 g/mol. The van der Waals surface area contributed by atoms with Crippen LogP contribution in [0, 0.1) is 11.3 Å². The minimum Gasteiger partial charge on any atom is -0.494 e. The maximum absolute atomic E-state index is 12.3. The third kappa shape index (κ3) is 5.67. The molecule has 0 bridgehead atoms. The number of nitrogens with zero attached hydrogens (tertiary/aromatic N) is 1. The number of hydrogen-bond acceptors (Lipinski definition) is 4. The van der Waals surface area contributed by atoms with Crippen molar-refractivity contribution in [1.82, 2.24) is 0 Å². The molecule has 26 heavy (non-hydrogen) atoms. The van der Waals surface area contributed by atoms with Crippen molar-refractivity contribution in [2.45, 2.75) is 26.9 Å². The summed E-state index contributed by atoms with van der Waals surface area (Å²) in [6.07, 6.45) is 1.62. The molecule has 0 saturated heterocycles. The molecule has 0 atom stereocenters. The Labute approximate surface area is 153 Å². The van der Waals surface area contributed by atoms with Gasteiger partial charge in [-0.15, -0.1) is 0 Å². The standard InChI is InChI=1S/C21H22N2O3/c1-4-25-19-9-5-16(6-10-19)13-17(14-22)21(24)23-18-7-11-20(12-8-18)26-15(2)3/h5-13,15H,4H2,1-3H3,(H,23,24)/b17-13+. The maximum atomic E-state index is 12.3. The Morgan fingerprint density at radius 3 is 2.27 bits per heavy atom. The Kier molecular flexibility index (Phi) is 6.81. The topological polar surface area (TPSA) is 71.3 Å². The van der Waals surface area contributed by atoms with E-state index in [0.29, 0.717) is 12.3 Å². The van der Waals surface area contributed by atoms with Gasteiger partial charge >= 0.3 is 0 Å². The van der Waals surface area contributed by atoms with E-state index in [9.17, 15) is 10.1 Å². The highest BCUT2D eigenvalue weighted by atomic mass is 16.5. The quantitative estimate of drug-likeness (QED) is 0.593. The fourth-order valence-electron chi connectivity index (χ4n) is 2.23. The molecule has 1 N–H and O–H groups in total. The molecule has 0 fully saturated rings. The average molecular weight is 350 g/mol. The third-order valence-electron chi connectivity index (χ3n) is 3.35. The molecule has 1 amide bonds. The van der Waals surface area contributed by atoms with E-state index in [1.54, 1.807) is 54.6 Å². The van der Waals surface area contributed by atoms with Gasteiger partial charge in [-0.1, -0.05) is 12.1 Å². The molecule has 2 aromatic rings. The normalized spacial score (nSPS) is 11.0. The van der Waals surface area contributed by atoms with Crippen LogP contribution in [-0.4, -0.2) is 18.6 Å². The highest BCUT2D eigenvalue weighted by Crippen LogP contribution is 2.18. The molecule has 5 heteroatoms. The third-order valence-corrected chi connectivity index (χ3v) is 3.35. The lowest BCUT2D eigenvalue weighted by molar-refractivity contribution is -0.112. The summed E-state index contributed by atoms with van der Waals surface area (Å²) >= 11 is 0. The molecule has 0 aromatic heterocycles. The van der Waals surface area contributed by atoms with Crippen molar-refractivity contribution >= 4 is 17.7 Å². The van der Waals surface area contributed by atoms with Gasteiger partial charge in [0.25, 0.3) is 5.91 Å². The number of anilines is 1. The van der Waals surface area contributed by atoms with Crippen LogP contribution in [-0.2, 0) is 4.79 Å².